The number of ether oxygens (including phenoxy) is 3. The van der Waals surface area contributed by atoms with Gasteiger partial charge in [0.2, 0.25) is 5.75 Å². The SMILES string of the molecule is COc1ccc(C[NH+]2CCN(C(=O)c3cccc(Cl)c3)CC2)c(OC)c1OC. The molecule has 7 heteroatoms. The van der Waals surface area contributed by atoms with Crippen LogP contribution in [0, 0.1) is 0 Å². The van der Waals surface area contributed by atoms with Crippen LogP contribution < -0.4 is 19.1 Å². The Balaban J connectivity index is 1.65. The molecule has 0 saturated carbocycles. The minimum Gasteiger partial charge on any atom is -0.493 e. The zero-order valence-corrected chi connectivity index (χ0v) is 17.2. The molecule has 1 fully saturated rings. The van der Waals surface area contributed by atoms with Gasteiger partial charge in [-0.2, -0.15) is 0 Å². The van der Waals surface area contributed by atoms with Gasteiger partial charge in [0.25, 0.3) is 5.91 Å². The molecule has 28 heavy (non-hydrogen) atoms. The Morgan fingerprint density at radius 2 is 1.75 bits per heavy atom. The number of carbonyl (C=O) groups is 1. The van der Waals surface area contributed by atoms with Gasteiger partial charge in [-0.05, 0) is 30.3 Å². The van der Waals surface area contributed by atoms with Crippen LogP contribution in [-0.2, 0) is 6.54 Å². The fraction of sp³-hybridized carbons (Fsp3) is 0.381. The van der Waals surface area contributed by atoms with Gasteiger partial charge in [0.1, 0.15) is 6.54 Å². The lowest BCUT2D eigenvalue weighted by atomic mass is 10.1. The largest absolute Gasteiger partial charge is 0.493 e. The number of rotatable bonds is 6. The van der Waals surface area contributed by atoms with Crippen molar-refractivity contribution >= 4 is 17.5 Å². The summed E-state index contributed by atoms with van der Waals surface area (Å²) in [5, 5.41) is 0.579. The molecule has 1 aliphatic rings. The Morgan fingerprint density at radius 1 is 1.04 bits per heavy atom. The summed E-state index contributed by atoms with van der Waals surface area (Å²) in [6, 6.07) is 11.0. The van der Waals surface area contributed by atoms with Crippen molar-refractivity contribution in [1.82, 2.24) is 4.90 Å². The standard InChI is InChI=1S/C21H25ClN2O4/c1-26-18-8-7-16(19(27-2)20(18)28-3)14-23-9-11-24(12-10-23)21(25)15-5-4-6-17(22)13-15/h4-8,13H,9-12,14H2,1-3H3/p+1. The van der Waals surface area contributed by atoms with Crippen LogP contribution in [0.4, 0.5) is 0 Å². The fourth-order valence-corrected chi connectivity index (χ4v) is 3.77. The first-order valence-electron chi connectivity index (χ1n) is 9.23. The molecular weight excluding hydrogens is 380 g/mol. The van der Waals surface area contributed by atoms with E-state index in [1.54, 1.807) is 39.5 Å². The second kappa shape index (κ2) is 9.17. The van der Waals surface area contributed by atoms with Gasteiger partial charge in [-0.3, -0.25) is 4.79 Å². The van der Waals surface area contributed by atoms with Gasteiger partial charge in [0, 0.05) is 10.6 Å². The number of carbonyl (C=O) groups excluding carboxylic acids is 1. The number of quaternary nitrogens is 1. The van der Waals surface area contributed by atoms with Crippen molar-refractivity contribution < 1.29 is 23.9 Å². The van der Waals surface area contributed by atoms with Crippen LogP contribution in [0.1, 0.15) is 15.9 Å². The highest BCUT2D eigenvalue weighted by atomic mass is 35.5. The summed E-state index contributed by atoms with van der Waals surface area (Å²) < 4.78 is 16.4. The van der Waals surface area contributed by atoms with Crippen LogP contribution in [0.5, 0.6) is 17.2 Å². The number of piperazine rings is 1. The third kappa shape index (κ3) is 4.34. The van der Waals surface area contributed by atoms with Gasteiger partial charge in [0.05, 0.1) is 53.1 Å². The maximum absolute atomic E-state index is 12.7. The van der Waals surface area contributed by atoms with Gasteiger partial charge in [-0.25, -0.2) is 0 Å². The Kier molecular flexibility index (Phi) is 6.65. The van der Waals surface area contributed by atoms with Crippen molar-refractivity contribution in [2.45, 2.75) is 6.54 Å². The summed E-state index contributed by atoms with van der Waals surface area (Å²) in [6.45, 7) is 3.93. The van der Waals surface area contributed by atoms with Crippen LogP contribution in [0.3, 0.4) is 0 Å². The van der Waals surface area contributed by atoms with Crippen LogP contribution in [0.15, 0.2) is 36.4 Å². The van der Waals surface area contributed by atoms with Gasteiger partial charge in [0.15, 0.2) is 11.5 Å². The summed E-state index contributed by atoms with van der Waals surface area (Å²) in [4.78, 5) is 16.0. The normalized spacial score (nSPS) is 14.6. The number of hydrogen-bond donors (Lipinski definition) is 1. The molecule has 0 radical (unpaired) electrons. The molecule has 1 heterocycles. The second-order valence-electron chi connectivity index (χ2n) is 6.72. The Labute approximate surface area is 170 Å². The topological polar surface area (TPSA) is 52.4 Å². The zero-order valence-electron chi connectivity index (χ0n) is 16.5. The van der Waals surface area contributed by atoms with Crippen molar-refractivity contribution in [3.05, 3.63) is 52.5 Å². The van der Waals surface area contributed by atoms with E-state index in [9.17, 15) is 4.79 Å². The first-order chi connectivity index (χ1) is 13.6. The molecule has 2 aromatic rings. The maximum atomic E-state index is 12.7. The van der Waals surface area contributed by atoms with Crippen molar-refractivity contribution in [2.75, 3.05) is 47.5 Å². The lowest BCUT2D eigenvalue weighted by molar-refractivity contribution is -0.917. The van der Waals surface area contributed by atoms with E-state index in [0.717, 1.165) is 25.2 Å². The molecule has 1 amide bonds. The first kappa shape index (κ1) is 20.3. The van der Waals surface area contributed by atoms with Crippen molar-refractivity contribution in [2.24, 2.45) is 0 Å². The molecule has 0 bridgehead atoms. The molecule has 150 valence electrons. The molecule has 1 N–H and O–H groups in total. The lowest BCUT2D eigenvalue weighted by Gasteiger charge is -2.32. The second-order valence-corrected chi connectivity index (χ2v) is 7.16. The van der Waals surface area contributed by atoms with Gasteiger partial charge in [-0.15, -0.1) is 0 Å². The minimum atomic E-state index is 0.0326. The molecule has 0 spiro atoms. The molecule has 0 aromatic heterocycles. The van der Waals surface area contributed by atoms with Crippen LogP contribution in [0.2, 0.25) is 5.02 Å². The summed E-state index contributed by atoms with van der Waals surface area (Å²) in [5.41, 5.74) is 1.70. The molecule has 2 aromatic carbocycles. The number of benzene rings is 2. The van der Waals surface area contributed by atoms with E-state index in [2.05, 4.69) is 0 Å². The Hall–Kier alpha value is -2.44. The molecule has 1 saturated heterocycles. The van der Waals surface area contributed by atoms with E-state index in [1.807, 2.05) is 23.1 Å². The lowest BCUT2D eigenvalue weighted by Crippen LogP contribution is -3.13. The molecule has 6 nitrogen and oxygen atoms in total. The van der Waals surface area contributed by atoms with E-state index in [-0.39, 0.29) is 5.91 Å². The van der Waals surface area contributed by atoms with Crippen molar-refractivity contribution in [1.29, 1.82) is 0 Å². The number of amides is 1. The quantitative estimate of drug-likeness (QED) is 0.797. The number of hydrogen-bond acceptors (Lipinski definition) is 4. The van der Waals surface area contributed by atoms with E-state index in [0.29, 0.717) is 40.9 Å². The molecule has 1 aliphatic heterocycles. The van der Waals surface area contributed by atoms with Gasteiger partial charge >= 0.3 is 0 Å². The third-order valence-corrected chi connectivity index (χ3v) is 5.29. The number of nitrogens with zero attached hydrogens (tertiary/aromatic N) is 1. The zero-order chi connectivity index (χ0) is 20.1. The monoisotopic (exact) mass is 405 g/mol. The predicted octanol–water partition coefficient (Wildman–Crippen LogP) is 1.91. The molecule has 0 unspecified atom stereocenters. The number of halogens is 1. The summed E-state index contributed by atoms with van der Waals surface area (Å²) in [7, 11) is 4.85. The smallest absolute Gasteiger partial charge is 0.254 e. The first-order valence-corrected chi connectivity index (χ1v) is 9.61. The highest BCUT2D eigenvalue weighted by Crippen LogP contribution is 2.39. The number of nitrogens with one attached hydrogen (secondary N) is 1. The van der Waals surface area contributed by atoms with Crippen LogP contribution >= 0.6 is 11.6 Å². The molecule has 0 atom stereocenters. The fourth-order valence-electron chi connectivity index (χ4n) is 3.58. The summed E-state index contributed by atoms with van der Waals surface area (Å²) >= 11 is 6.01. The minimum absolute atomic E-state index is 0.0326. The van der Waals surface area contributed by atoms with E-state index in [4.69, 9.17) is 25.8 Å². The van der Waals surface area contributed by atoms with Crippen molar-refractivity contribution in [3.63, 3.8) is 0 Å². The maximum Gasteiger partial charge on any atom is 0.254 e. The predicted molar refractivity (Wildman–Crippen MR) is 108 cm³/mol. The summed E-state index contributed by atoms with van der Waals surface area (Å²) in [5.74, 6) is 1.99. The Bertz CT molecular complexity index is 835. The Morgan fingerprint density at radius 3 is 2.36 bits per heavy atom. The average molecular weight is 406 g/mol. The van der Waals surface area contributed by atoms with Crippen LogP contribution in [-0.4, -0.2) is 58.3 Å². The highest BCUT2D eigenvalue weighted by Gasteiger charge is 2.26. The molecule has 0 aliphatic carbocycles. The van der Waals surface area contributed by atoms with Gasteiger partial charge in [-0.1, -0.05) is 17.7 Å². The van der Waals surface area contributed by atoms with Gasteiger partial charge < -0.3 is 24.0 Å². The average Bonchev–Trinajstić information content (AvgIpc) is 2.73. The van der Waals surface area contributed by atoms with E-state index >= 15 is 0 Å². The third-order valence-electron chi connectivity index (χ3n) is 5.06. The van der Waals surface area contributed by atoms with Crippen LogP contribution in [0.25, 0.3) is 0 Å². The van der Waals surface area contributed by atoms with E-state index in [1.165, 1.54) is 4.90 Å². The van der Waals surface area contributed by atoms with Crippen molar-refractivity contribution in [3.8, 4) is 17.2 Å². The van der Waals surface area contributed by atoms with E-state index < -0.39 is 0 Å². The number of methoxy groups -OCH3 is 3. The molecular formula is C21H26ClN2O4+. The summed E-state index contributed by atoms with van der Waals surface area (Å²) in [6.07, 6.45) is 0. The highest BCUT2D eigenvalue weighted by molar-refractivity contribution is 6.30. The molecule has 3 rings (SSSR count).